The summed E-state index contributed by atoms with van der Waals surface area (Å²) in [6.07, 6.45) is 0. The quantitative estimate of drug-likeness (QED) is 0.245. The maximum absolute atomic E-state index is 13.4. The zero-order valence-electron chi connectivity index (χ0n) is 19.7. The molecule has 1 aliphatic heterocycles. The van der Waals surface area contributed by atoms with Crippen molar-refractivity contribution in [1.82, 2.24) is 9.80 Å². The van der Waals surface area contributed by atoms with Crippen molar-refractivity contribution >= 4 is 55.3 Å². The number of benzene rings is 3. The minimum atomic E-state index is -1.01. The van der Waals surface area contributed by atoms with E-state index in [9.17, 15) is 14.4 Å². The lowest BCUT2D eigenvalue weighted by atomic mass is 9.88. The van der Waals surface area contributed by atoms with Crippen molar-refractivity contribution in [3.63, 3.8) is 0 Å². The molecule has 0 fully saturated rings. The van der Waals surface area contributed by atoms with Gasteiger partial charge < -0.3 is 14.4 Å². The molecule has 0 aromatic heterocycles. The van der Waals surface area contributed by atoms with Gasteiger partial charge in [-0.15, -0.1) is 0 Å². The monoisotopic (exact) mass is 612 g/mol. The molecule has 184 valence electrons. The SMILES string of the molecule is COC(=O)C(=O)C1=C(c2ccccc2Br)N(C)C(=O)N(C)C1c1ccc(Oc2cccc(Br)c2)cc1. The van der Waals surface area contributed by atoms with Crippen LogP contribution in [0, 0.1) is 0 Å². The lowest BCUT2D eigenvalue weighted by Gasteiger charge is -2.40. The lowest BCUT2D eigenvalue weighted by Crippen LogP contribution is -2.48. The number of esters is 1. The van der Waals surface area contributed by atoms with Gasteiger partial charge in [0, 0.05) is 28.6 Å². The van der Waals surface area contributed by atoms with Crippen molar-refractivity contribution in [3.05, 3.63) is 98.4 Å². The van der Waals surface area contributed by atoms with Gasteiger partial charge in [0.2, 0.25) is 0 Å². The summed E-state index contributed by atoms with van der Waals surface area (Å²) in [5, 5.41) is 0. The number of ether oxygens (including phenoxy) is 2. The first-order chi connectivity index (χ1) is 17.2. The van der Waals surface area contributed by atoms with Crippen LogP contribution in [0.15, 0.2) is 87.3 Å². The van der Waals surface area contributed by atoms with Crippen LogP contribution < -0.4 is 4.74 Å². The highest BCUT2D eigenvalue weighted by atomic mass is 79.9. The van der Waals surface area contributed by atoms with E-state index in [1.54, 1.807) is 50.5 Å². The molecule has 0 bridgehead atoms. The number of carbonyl (C=O) groups excluding carboxylic acids is 3. The Hall–Kier alpha value is -3.43. The Labute approximate surface area is 225 Å². The van der Waals surface area contributed by atoms with Crippen LogP contribution in [0.3, 0.4) is 0 Å². The minimum Gasteiger partial charge on any atom is -0.463 e. The van der Waals surface area contributed by atoms with Crippen LogP contribution in [0.4, 0.5) is 4.79 Å². The third kappa shape index (κ3) is 4.94. The van der Waals surface area contributed by atoms with Gasteiger partial charge in [0.25, 0.3) is 5.78 Å². The maximum atomic E-state index is 13.4. The van der Waals surface area contributed by atoms with E-state index >= 15 is 0 Å². The largest absolute Gasteiger partial charge is 0.463 e. The van der Waals surface area contributed by atoms with Crippen LogP contribution in [0.1, 0.15) is 17.2 Å². The predicted molar refractivity (Wildman–Crippen MR) is 142 cm³/mol. The fourth-order valence-electron chi connectivity index (χ4n) is 4.13. The second-order valence-corrected chi connectivity index (χ2v) is 9.82. The average molecular weight is 614 g/mol. The van der Waals surface area contributed by atoms with Gasteiger partial charge in [-0.05, 0) is 42.0 Å². The highest BCUT2D eigenvalue weighted by molar-refractivity contribution is 9.10. The van der Waals surface area contributed by atoms with E-state index in [1.165, 1.54) is 9.80 Å². The molecule has 1 atom stereocenters. The van der Waals surface area contributed by atoms with Gasteiger partial charge in [-0.1, -0.05) is 68.3 Å². The molecular formula is C27H22Br2N2O5. The molecule has 0 N–H and O–H groups in total. The van der Waals surface area contributed by atoms with Crippen molar-refractivity contribution in [2.24, 2.45) is 0 Å². The first-order valence-corrected chi connectivity index (χ1v) is 12.5. The standard InChI is InChI=1S/C27H22Br2N2O5/c1-30-23(16-11-13-18(14-12-16)36-19-8-6-7-17(28)15-19)22(25(32)26(33)35-3)24(31(2)27(30)34)20-9-4-5-10-21(20)29/h4-15,23H,1-3H3. The number of Topliss-reactive ketones (excluding diaryl/α,β-unsaturated/α-hetero) is 1. The Morgan fingerprint density at radius 2 is 1.58 bits per heavy atom. The number of likely N-dealkylation sites (N-methyl/N-ethyl adjacent to an activating group) is 1. The molecule has 7 nitrogen and oxygen atoms in total. The molecule has 0 saturated heterocycles. The van der Waals surface area contributed by atoms with Gasteiger partial charge in [-0.25, -0.2) is 9.59 Å². The zero-order valence-corrected chi connectivity index (χ0v) is 22.9. The summed E-state index contributed by atoms with van der Waals surface area (Å²) in [6.45, 7) is 0. The third-order valence-corrected chi connectivity index (χ3v) is 7.00. The van der Waals surface area contributed by atoms with Crippen molar-refractivity contribution < 1.29 is 23.9 Å². The van der Waals surface area contributed by atoms with Crippen molar-refractivity contribution in [2.45, 2.75) is 6.04 Å². The number of carbonyl (C=O) groups is 3. The van der Waals surface area contributed by atoms with E-state index in [-0.39, 0.29) is 11.6 Å². The molecule has 36 heavy (non-hydrogen) atoms. The van der Waals surface area contributed by atoms with Crippen LogP contribution in [0.5, 0.6) is 11.5 Å². The maximum Gasteiger partial charge on any atom is 0.379 e. The van der Waals surface area contributed by atoms with Crippen LogP contribution in [0.25, 0.3) is 5.70 Å². The smallest absolute Gasteiger partial charge is 0.379 e. The average Bonchev–Trinajstić information content (AvgIpc) is 2.87. The molecule has 0 saturated carbocycles. The Morgan fingerprint density at radius 1 is 0.889 bits per heavy atom. The molecule has 1 unspecified atom stereocenters. The molecule has 3 aromatic rings. The molecule has 2 amide bonds. The summed E-state index contributed by atoms with van der Waals surface area (Å²) < 4.78 is 12.3. The lowest BCUT2D eigenvalue weighted by molar-refractivity contribution is -0.150. The van der Waals surface area contributed by atoms with E-state index in [0.717, 1.165) is 11.6 Å². The minimum absolute atomic E-state index is 0.138. The van der Waals surface area contributed by atoms with Gasteiger partial charge in [0.05, 0.1) is 24.4 Å². The summed E-state index contributed by atoms with van der Waals surface area (Å²) in [5.41, 5.74) is 1.71. The first-order valence-electron chi connectivity index (χ1n) is 10.9. The third-order valence-electron chi connectivity index (χ3n) is 5.81. The summed E-state index contributed by atoms with van der Waals surface area (Å²) in [4.78, 5) is 42.0. The number of nitrogens with zero attached hydrogens (tertiary/aromatic N) is 2. The Kier molecular flexibility index (Phi) is 7.61. The molecule has 1 aliphatic rings. The van der Waals surface area contributed by atoms with Crippen molar-refractivity contribution in [1.29, 1.82) is 0 Å². The summed E-state index contributed by atoms with van der Waals surface area (Å²) in [5.74, 6) is -0.602. The number of rotatable bonds is 6. The van der Waals surface area contributed by atoms with E-state index in [4.69, 9.17) is 9.47 Å². The Balaban J connectivity index is 1.84. The summed E-state index contributed by atoms with van der Waals surface area (Å²) >= 11 is 6.94. The van der Waals surface area contributed by atoms with Crippen LogP contribution in [-0.4, -0.2) is 48.8 Å². The number of hydrogen-bond donors (Lipinski definition) is 0. The van der Waals surface area contributed by atoms with Crippen LogP contribution in [-0.2, 0) is 14.3 Å². The number of methoxy groups -OCH3 is 1. The fraction of sp³-hybridized carbons (Fsp3) is 0.148. The Bertz CT molecular complexity index is 1370. The van der Waals surface area contributed by atoms with E-state index < -0.39 is 17.8 Å². The van der Waals surface area contributed by atoms with Gasteiger partial charge in [-0.2, -0.15) is 0 Å². The topological polar surface area (TPSA) is 76.2 Å². The van der Waals surface area contributed by atoms with Crippen molar-refractivity contribution in [2.75, 3.05) is 21.2 Å². The van der Waals surface area contributed by atoms with Gasteiger partial charge in [-0.3, -0.25) is 9.69 Å². The second-order valence-electron chi connectivity index (χ2n) is 8.05. The molecular weight excluding hydrogens is 592 g/mol. The molecule has 0 spiro atoms. The molecule has 3 aromatic carbocycles. The number of halogens is 2. The zero-order chi connectivity index (χ0) is 26.0. The number of ketones is 1. The predicted octanol–water partition coefficient (Wildman–Crippen LogP) is 6.20. The van der Waals surface area contributed by atoms with Gasteiger partial charge in [0.1, 0.15) is 11.5 Å². The van der Waals surface area contributed by atoms with Crippen LogP contribution >= 0.6 is 31.9 Å². The molecule has 0 radical (unpaired) electrons. The molecule has 1 heterocycles. The highest BCUT2D eigenvalue weighted by Gasteiger charge is 2.43. The number of hydrogen-bond acceptors (Lipinski definition) is 5. The summed E-state index contributed by atoms with van der Waals surface area (Å²) in [7, 11) is 4.32. The molecule has 4 rings (SSSR count). The normalized spacial score (nSPS) is 15.7. The highest BCUT2D eigenvalue weighted by Crippen LogP contribution is 2.42. The first kappa shape index (κ1) is 25.7. The van der Waals surface area contributed by atoms with Gasteiger partial charge in [0.15, 0.2) is 0 Å². The van der Waals surface area contributed by atoms with Gasteiger partial charge >= 0.3 is 12.0 Å². The Morgan fingerprint density at radius 3 is 2.22 bits per heavy atom. The molecule has 0 aliphatic carbocycles. The van der Waals surface area contributed by atoms with E-state index in [0.29, 0.717) is 32.8 Å². The number of amides is 2. The second kappa shape index (κ2) is 10.7. The van der Waals surface area contributed by atoms with E-state index in [2.05, 4.69) is 31.9 Å². The summed E-state index contributed by atoms with van der Waals surface area (Å²) in [6, 6.07) is 20.6. The van der Waals surface area contributed by atoms with E-state index in [1.807, 2.05) is 36.4 Å². The van der Waals surface area contributed by atoms with Crippen LogP contribution in [0.2, 0.25) is 0 Å². The van der Waals surface area contributed by atoms with Crippen molar-refractivity contribution in [3.8, 4) is 11.5 Å². The number of urea groups is 1. The molecule has 9 heteroatoms. The fourth-order valence-corrected chi connectivity index (χ4v) is 4.99.